The van der Waals surface area contributed by atoms with Crippen molar-refractivity contribution in [3.8, 4) is 0 Å². The second kappa shape index (κ2) is 8.04. The summed E-state index contributed by atoms with van der Waals surface area (Å²) in [5.41, 5.74) is 0. The highest BCUT2D eigenvalue weighted by Gasteiger charge is 2.22. The van der Waals surface area contributed by atoms with Gasteiger partial charge in [-0.1, -0.05) is 13.3 Å². The van der Waals surface area contributed by atoms with Crippen LogP contribution in [0.15, 0.2) is 4.99 Å². The summed E-state index contributed by atoms with van der Waals surface area (Å²) in [6.45, 7) is 6.18. The predicted octanol–water partition coefficient (Wildman–Crippen LogP) is 1.91. The van der Waals surface area contributed by atoms with Crippen LogP contribution in [-0.4, -0.2) is 56.8 Å². The van der Waals surface area contributed by atoms with E-state index in [0.29, 0.717) is 11.8 Å². The minimum Gasteiger partial charge on any atom is -0.349 e. The normalized spacial score (nSPS) is 22.6. The molecule has 23 heavy (non-hydrogen) atoms. The molecule has 0 saturated carbocycles. The summed E-state index contributed by atoms with van der Waals surface area (Å²) in [7, 11) is 1.87. The zero-order valence-electron chi connectivity index (χ0n) is 14.3. The molecule has 2 aliphatic heterocycles. The minimum absolute atomic E-state index is 0.708. The summed E-state index contributed by atoms with van der Waals surface area (Å²) in [5.74, 6) is 4.37. The number of nitrogens with zero attached hydrogens (tertiary/aromatic N) is 5. The van der Waals surface area contributed by atoms with Crippen LogP contribution in [0.5, 0.6) is 0 Å². The lowest BCUT2D eigenvalue weighted by molar-refractivity contribution is 0.406. The number of rotatable bonds is 3. The lowest BCUT2D eigenvalue weighted by Gasteiger charge is -2.34. The summed E-state index contributed by atoms with van der Waals surface area (Å²) in [5, 5.41) is 13.0. The van der Waals surface area contributed by atoms with Gasteiger partial charge in [0.1, 0.15) is 5.82 Å². The Balaban J connectivity index is 1.61. The Hall–Kier alpha value is -1.24. The fraction of sp³-hybridized carbons (Fsp3) is 0.812. The molecule has 0 radical (unpaired) electrons. The lowest BCUT2D eigenvalue weighted by Crippen LogP contribution is -2.47. The van der Waals surface area contributed by atoms with Gasteiger partial charge in [0.2, 0.25) is 0 Å². The molecule has 1 aromatic heterocycles. The molecule has 0 spiro atoms. The number of hydrogen-bond acceptors (Lipinski definition) is 4. The molecule has 6 nitrogen and oxygen atoms in total. The van der Waals surface area contributed by atoms with Crippen molar-refractivity contribution in [2.45, 2.75) is 57.4 Å². The largest absolute Gasteiger partial charge is 0.349 e. The first-order valence-electron chi connectivity index (χ1n) is 8.80. The topological polar surface area (TPSA) is 58.3 Å². The molecule has 2 aliphatic rings. The number of guanidine groups is 1. The molecule has 1 fully saturated rings. The summed E-state index contributed by atoms with van der Waals surface area (Å²) < 4.78 is 2.30. The van der Waals surface area contributed by atoms with E-state index in [1.807, 2.05) is 7.05 Å². The molecule has 0 amide bonds. The third-order valence-corrected chi connectivity index (χ3v) is 6.07. The third kappa shape index (κ3) is 4.00. The molecule has 3 rings (SSSR count). The second-order valence-corrected chi connectivity index (χ2v) is 7.65. The van der Waals surface area contributed by atoms with Crippen molar-refractivity contribution in [1.82, 2.24) is 25.0 Å². The van der Waals surface area contributed by atoms with Crippen molar-refractivity contribution < 1.29 is 0 Å². The van der Waals surface area contributed by atoms with Gasteiger partial charge in [0, 0.05) is 44.1 Å². The number of aromatic nitrogens is 3. The van der Waals surface area contributed by atoms with Crippen LogP contribution in [-0.2, 0) is 19.5 Å². The van der Waals surface area contributed by atoms with E-state index >= 15 is 0 Å². The van der Waals surface area contributed by atoms with Gasteiger partial charge in [-0.2, -0.15) is 11.8 Å². The minimum atomic E-state index is 0.708. The summed E-state index contributed by atoms with van der Waals surface area (Å²) >= 11 is 2.08. The zero-order chi connectivity index (χ0) is 16.1. The molecular weight excluding hydrogens is 308 g/mol. The highest BCUT2D eigenvalue weighted by molar-refractivity contribution is 8.00. The van der Waals surface area contributed by atoms with Crippen molar-refractivity contribution in [2.24, 2.45) is 4.99 Å². The third-order valence-electron chi connectivity index (χ3n) is 4.70. The number of thioether (sulfide) groups is 1. The Morgan fingerprint density at radius 1 is 1.30 bits per heavy atom. The molecule has 0 aromatic carbocycles. The molecule has 1 atom stereocenters. The SMILES string of the molecule is CCC1CN(C(=NC)NCc2nnc3n2CCCCC3)CCS1. The van der Waals surface area contributed by atoms with Crippen molar-refractivity contribution >= 4 is 17.7 Å². The maximum atomic E-state index is 4.48. The number of nitrogens with one attached hydrogen (secondary N) is 1. The number of aliphatic imine (C=N–C) groups is 1. The summed E-state index contributed by atoms with van der Waals surface area (Å²) in [6, 6.07) is 0. The Bertz CT molecular complexity index is 541. The maximum absolute atomic E-state index is 4.48. The number of aryl methyl sites for hydroxylation is 1. The van der Waals surface area contributed by atoms with E-state index in [-0.39, 0.29) is 0 Å². The molecule has 0 aliphatic carbocycles. The average molecular weight is 337 g/mol. The average Bonchev–Trinajstić information content (AvgIpc) is 2.82. The molecule has 7 heteroatoms. The quantitative estimate of drug-likeness (QED) is 0.675. The van der Waals surface area contributed by atoms with E-state index < -0.39 is 0 Å². The van der Waals surface area contributed by atoms with E-state index in [9.17, 15) is 0 Å². The molecule has 3 heterocycles. The van der Waals surface area contributed by atoms with Crippen LogP contribution < -0.4 is 5.32 Å². The van der Waals surface area contributed by atoms with Gasteiger partial charge < -0.3 is 14.8 Å². The van der Waals surface area contributed by atoms with E-state index in [1.165, 1.54) is 31.4 Å². The molecule has 1 N–H and O–H groups in total. The van der Waals surface area contributed by atoms with Crippen molar-refractivity contribution in [2.75, 3.05) is 25.9 Å². The number of hydrogen-bond donors (Lipinski definition) is 1. The summed E-state index contributed by atoms with van der Waals surface area (Å²) in [6.07, 6.45) is 6.03. The van der Waals surface area contributed by atoms with Crippen LogP contribution in [0.25, 0.3) is 0 Å². The highest BCUT2D eigenvalue weighted by Crippen LogP contribution is 2.21. The van der Waals surface area contributed by atoms with Crippen LogP contribution in [0.3, 0.4) is 0 Å². The van der Waals surface area contributed by atoms with Gasteiger partial charge >= 0.3 is 0 Å². The lowest BCUT2D eigenvalue weighted by atomic mass is 10.2. The number of fused-ring (bicyclic) bond motifs is 1. The monoisotopic (exact) mass is 336 g/mol. The van der Waals surface area contributed by atoms with E-state index in [1.54, 1.807) is 0 Å². The Morgan fingerprint density at radius 2 is 2.22 bits per heavy atom. The van der Waals surface area contributed by atoms with Gasteiger partial charge in [-0.05, 0) is 19.3 Å². The van der Waals surface area contributed by atoms with E-state index in [2.05, 4.69) is 48.7 Å². The van der Waals surface area contributed by atoms with Gasteiger partial charge in [-0.15, -0.1) is 10.2 Å². The predicted molar refractivity (Wildman–Crippen MR) is 95.9 cm³/mol. The maximum Gasteiger partial charge on any atom is 0.194 e. The fourth-order valence-corrected chi connectivity index (χ4v) is 4.51. The Labute approximate surface area is 143 Å². The second-order valence-electron chi connectivity index (χ2n) is 6.24. The highest BCUT2D eigenvalue weighted by atomic mass is 32.2. The smallest absolute Gasteiger partial charge is 0.194 e. The van der Waals surface area contributed by atoms with Crippen LogP contribution in [0, 0.1) is 0 Å². The first kappa shape index (κ1) is 16.6. The van der Waals surface area contributed by atoms with E-state index in [0.717, 1.165) is 43.7 Å². The van der Waals surface area contributed by atoms with Crippen LogP contribution in [0.1, 0.15) is 44.3 Å². The van der Waals surface area contributed by atoms with Gasteiger partial charge in [0.15, 0.2) is 11.8 Å². The Morgan fingerprint density at radius 3 is 3.04 bits per heavy atom. The summed E-state index contributed by atoms with van der Waals surface area (Å²) in [4.78, 5) is 6.85. The first-order chi connectivity index (χ1) is 11.3. The van der Waals surface area contributed by atoms with Crippen LogP contribution >= 0.6 is 11.8 Å². The van der Waals surface area contributed by atoms with Crippen LogP contribution in [0.2, 0.25) is 0 Å². The molecular formula is C16H28N6S. The fourth-order valence-electron chi connectivity index (χ4n) is 3.33. The molecule has 0 bridgehead atoms. The van der Waals surface area contributed by atoms with Crippen molar-refractivity contribution in [3.63, 3.8) is 0 Å². The molecule has 1 unspecified atom stereocenters. The first-order valence-corrected chi connectivity index (χ1v) is 9.84. The van der Waals surface area contributed by atoms with Gasteiger partial charge in [0.05, 0.1) is 6.54 Å². The van der Waals surface area contributed by atoms with Crippen molar-refractivity contribution in [3.05, 3.63) is 11.6 Å². The van der Waals surface area contributed by atoms with E-state index in [4.69, 9.17) is 0 Å². The van der Waals surface area contributed by atoms with Crippen LogP contribution in [0.4, 0.5) is 0 Å². The molecule has 1 aromatic rings. The Kier molecular flexibility index (Phi) is 5.80. The van der Waals surface area contributed by atoms with Crippen molar-refractivity contribution in [1.29, 1.82) is 0 Å². The zero-order valence-corrected chi connectivity index (χ0v) is 15.1. The van der Waals surface area contributed by atoms with Gasteiger partial charge in [0.25, 0.3) is 0 Å². The van der Waals surface area contributed by atoms with Gasteiger partial charge in [-0.25, -0.2) is 0 Å². The molecule has 128 valence electrons. The van der Waals surface area contributed by atoms with Gasteiger partial charge in [-0.3, -0.25) is 4.99 Å². The standard InChI is InChI=1S/C16H28N6S/c1-3-13-12-21(9-10-23-13)16(17-2)18-11-15-20-19-14-7-5-4-6-8-22(14)15/h13H,3-12H2,1-2H3,(H,17,18). The molecule has 1 saturated heterocycles.